The maximum absolute atomic E-state index is 15.3. The number of carbonyl (C=O) groups excluding carboxylic acids is 3. The second kappa shape index (κ2) is 21.1. The van der Waals surface area contributed by atoms with Gasteiger partial charge in [0.05, 0.1) is 33.2 Å². The molecule has 15 nitrogen and oxygen atoms in total. The Morgan fingerprint density at radius 2 is 1.58 bits per heavy atom. The number of carbonyl (C=O) groups is 3. The number of benzene rings is 3. The highest BCUT2D eigenvalue weighted by molar-refractivity contribution is 9.10. The van der Waals surface area contributed by atoms with Gasteiger partial charge < -0.3 is 34.6 Å². The van der Waals surface area contributed by atoms with Crippen molar-refractivity contribution in [2.24, 2.45) is 5.92 Å². The van der Waals surface area contributed by atoms with Crippen LogP contribution in [0.1, 0.15) is 68.7 Å². The van der Waals surface area contributed by atoms with E-state index < -0.39 is 48.6 Å². The molecule has 4 aliphatic heterocycles. The lowest BCUT2D eigenvalue weighted by atomic mass is 9.89. The molecular formula is C51H57BrF5N10O5P. The van der Waals surface area contributed by atoms with Gasteiger partial charge in [-0.2, -0.15) is 4.98 Å². The van der Waals surface area contributed by atoms with Gasteiger partial charge in [0.25, 0.3) is 0 Å². The van der Waals surface area contributed by atoms with Crippen LogP contribution in [-0.4, -0.2) is 121 Å². The lowest BCUT2D eigenvalue weighted by Gasteiger charge is -2.44. The molecule has 4 saturated heterocycles. The van der Waals surface area contributed by atoms with Gasteiger partial charge in [-0.15, -0.1) is 13.2 Å². The number of piperazine rings is 1. The first-order chi connectivity index (χ1) is 34.8. The molecule has 4 aliphatic rings. The highest BCUT2D eigenvalue weighted by Crippen LogP contribution is 2.43. The second-order valence-electron chi connectivity index (χ2n) is 19.4. The van der Waals surface area contributed by atoms with Crippen molar-refractivity contribution < 1.29 is 45.6 Å². The van der Waals surface area contributed by atoms with Crippen molar-refractivity contribution >= 4 is 91.5 Å². The molecule has 2 atom stereocenters. The molecule has 0 radical (unpaired) electrons. The molecule has 0 spiro atoms. The van der Waals surface area contributed by atoms with Crippen molar-refractivity contribution in [1.82, 2.24) is 30.1 Å². The summed E-state index contributed by atoms with van der Waals surface area (Å²) in [5.41, 5.74) is 3.55. The minimum atomic E-state index is -5.00. The fourth-order valence-electron chi connectivity index (χ4n) is 10.7. The van der Waals surface area contributed by atoms with Gasteiger partial charge in [-0.25, -0.2) is 13.8 Å². The lowest BCUT2D eigenvalue weighted by Crippen LogP contribution is -2.55. The number of anilines is 6. The average Bonchev–Trinajstić information content (AvgIpc) is 3.85. The average molecular weight is 1100 g/mol. The summed E-state index contributed by atoms with van der Waals surface area (Å²) in [4.78, 5) is 59.5. The van der Waals surface area contributed by atoms with Gasteiger partial charge in [0.1, 0.15) is 24.6 Å². The van der Waals surface area contributed by atoms with Crippen LogP contribution in [0.2, 0.25) is 0 Å². The molecule has 3 aromatic carbocycles. The van der Waals surface area contributed by atoms with E-state index in [9.17, 15) is 32.1 Å². The third-order valence-electron chi connectivity index (χ3n) is 14.3. The summed E-state index contributed by atoms with van der Waals surface area (Å²) in [7, 11) is -2.88. The van der Waals surface area contributed by atoms with E-state index in [1.54, 1.807) is 30.4 Å². The minimum absolute atomic E-state index is 0.00264. The summed E-state index contributed by atoms with van der Waals surface area (Å²) in [5.74, 6) is -4.52. The molecule has 9 rings (SSSR count). The molecule has 5 aromatic rings. The zero-order valence-electron chi connectivity index (χ0n) is 40.9. The van der Waals surface area contributed by atoms with Crippen LogP contribution in [0.3, 0.4) is 0 Å². The normalized spacial score (nSPS) is 19.4. The first-order valence-corrected chi connectivity index (χ1v) is 28.0. The van der Waals surface area contributed by atoms with Crippen LogP contribution in [0.25, 0.3) is 10.9 Å². The number of hydrogen-bond acceptors (Lipinski definition) is 13. The summed E-state index contributed by atoms with van der Waals surface area (Å²) < 4.78 is 91.7. The highest BCUT2D eigenvalue weighted by atomic mass is 79.9. The Morgan fingerprint density at radius 1 is 0.863 bits per heavy atom. The third-order valence-corrected chi connectivity index (χ3v) is 16.5. The molecule has 0 bridgehead atoms. The first kappa shape index (κ1) is 52.0. The summed E-state index contributed by atoms with van der Waals surface area (Å²) in [6, 6.07) is 13.1. The number of aromatic nitrogens is 3. The molecule has 388 valence electrons. The molecule has 3 amide bonds. The number of fused-ring (bicyclic) bond motifs is 1. The Morgan fingerprint density at radius 3 is 2.23 bits per heavy atom. The fourth-order valence-corrected chi connectivity index (χ4v) is 12.4. The van der Waals surface area contributed by atoms with Crippen molar-refractivity contribution in [3.8, 4) is 5.75 Å². The van der Waals surface area contributed by atoms with Gasteiger partial charge in [-0.05, 0) is 110 Å². The number of pyridine rings is 1. The van der Waals surface area contributed by atoms with Crippen LogP contribution in [0, 0.1) is 17.6 Å². The number of halogens is 6. The number of nitrogens with one attached hydrogen (secondary N) is 3. The van der Waals surface area contributed by atoms with Crippen LogP contribution in [0.5, 0.6) is 5.75 Å². The molecule has 22 heteroatoms. The Kier molecular flexibility index (Phi) is 15.0. The maximum atomic E-state index is 15.3. The van der Waals surface area contributed by atoms with Crippen LogP contribution >= 0.6 is 23.1 Å². The number of alkyl halides is 3. The van der Waals surface area contributed by atoms with Crippen molar-refractivity contribution in [1.29, 1.82) is 0 Å². The van der Waals surface area contributed by atoms with Crippen molar-refractivity contribution in [3.05, 3.63) is 87.7 Å². The predicted octanol–water partition coefficient (Wildman–Crippen LogP) is 8.98. The number of amides is 3. The zero-order valence-corrected chi connectivity index (χ0v) is 43.4. The molecule has 2 aromatic heterocycles. The van der Waals surface area contributed by atoms with Gasteiger partial charge in [0.2, 0.25) is 23.7 Å². The van der Waals surface area contributed by atoms with Crippen LogP contribution in [0.15, 0.2) is 59.2 Å². The van der Waals surface area contributed by atoms with Crippen LogP contribution in [-0.2, 0) is 31.8 Å². The summed E-state index contributed by atoms with van der Waals surface area (Å²) in [6.07, 6.45) is -0.223. The summed E-state index contributed by atoms with van der Waals surface area (Å²) in [6.45, 7) is 11.6. The predicted molar refractivity (Wildman–Crippen MR) is 274 cm³/mol. The van der Waals surface area contributed by atoms with Gasteiger partial charge in [0, 0.05) is 110 Å². The van der Waals surface area contributed by atoms with Crippen LogP contribution < -0.4 is 35.8 Å². The smallest absolute Gasteiger partial charge is 0.403 e. The molecule has 6 heterocycles. The van der Waals surface area contributed by atoms with E-state index in [0.29, 0.717) is 103 Å². The van der Waals surface area contributed by atoms with E-state index >= 15 is 8.78 Å². The summed E-state index contributed by atoms with van der Waals surface area (Å²) in [5, 5.41) is 9.73. The quantitative estimate of drug-likeness (QED) is 0.0582. The maximum Gasteiger partial charge on any atom is 0.573 e. The Labute approximate surface area is 428 Å². The highest BCUT2D eigenvalue weighted by Gasteiger charge is 2.38. The van der Waals surface area contributed by atoms with Crippen molar-refractivity contribution in [2.45, 2.75) is 77.1 Å². The molecule has 0 aliphatic carbocycles. The molecule has 0 saturated carbocycles. The number of nitrogens with zero attached hydrogens (tertiary/aromatic N) is 7. The molecule has 3 N–H and O–H groups in total. The first-order valence-electron chi connectivity index (χ1n) is 24.6. The number of piperidine rings is 2. The SMILES string of the molecule is CCc1ccc2c(P(C)(C)=O)c(Nc3nc(Nc4cc(CC)c(N5CCC(N6CCN(C(=O)C7CCN(c8cc(F)c(C9CCC(=O)NC9=O)c(F)c8)C7)CC6)CC5)cc4OC(F)(F)F)ncc3Br)ccc2n1. The van der Waals surface area contributed by atoms with Gasteiger partial charge >= 0.3 is 6.36 Å². The van der Waals surface area contributed by atoms with E-state index in [0.717, 1.165) is 35.9 Å². The number of ether oxygens (including phenoxy) is 1. The zero-order chi connectivity index (χ0) is 51.9. The van der Waals surface area contributed by atoms with Crippen molar-refractivity contribution in [3.63, 3.8) is 0 Å². The monoisotopic (exact) mass is 1090 g/mol. The van der Waals surface area contributed by atoms with Gasteiger partial charge in [0.15, 0.2) is 5.75 Å². The second-order valence-corrected chi connectivity index (χ2v) is 23.4. The van der Waals surface area contributed by atoms with E-state index in [-0.39, 0.29) is 47.9 Å². The van der Waals surface area contributed by atoms with Gasteiger partial charge in [-0.1, -0.05) is 19.9 Å². The number of aryl methyl sites for hydroxylation is 2. The lowest BCUT2D eigenvalue weighted by molar-refractivity contribution is -0.274. The molecule has 4 fully saturated rings. The number of imide groups is 1. The number of hydrogen-bond donors (Lipinski definition) is 3. The van der Waals surface area contributed by atoms with E-state index in [1.165, 1.54) is 24.4 Å². The standard InChI is InChI=1S/C51H57BrF5N10O5P/c1-5-29-23-41(61-50-58-27-36(52)47(63-50)60-40-11-10-39-34(46(40)73(3,4)71)8-7-31(6-2)59-39)43(72-51(55,56)57)26-42(29)65-17-14-32(15-18-65)64-19-21-66(22-20-64)49(70)30-13-16-67(28-30)33-24-37(53)45(38(54)25-33)35-9-12-44(68)62-48(35)69/h7-8,10-11,23-27,30,32,35H,5-6,9,12-22,28H2,1-4H3,(H,62,68,69)(H2,58,60,61,63). The summed E-state index contributed by atoms with van der Waals surface area (Å²) >= 11 is 3.50. The molecule has 2 unspecified atom stereocenters. The van der Waals surface area contributed by atoms with E-state index in [1.807, 2.05) is 36.9 Å². The Bertz CT molecular complexity index is 2980. The van der Waals surface area contributed by atoms with Crippen molar-refractivity contribution in [2.75, 3.05) is 86.1 Å². The van der Waals surface area contributed by atoms with Gasteiger partial charge in [-0.3, -0.25) is 29.6 Å². The minimum Gasteiger partial charge on any atom is -0.403 e. The Hall–Kier alpha value is -5.92. The molecular weight excluding hydrogens is 1040 g/mol. The number of rotatable bonds is 13. The fraction of sp³-hybridized carbons (Fsp3) is 0.451. The molecule has 73 heavy (non-hydrogen) atoms. The van der Waals surface area contributed by atoms with Crippen LogP contribution in [0.4, 0.5) is 56.5 Å². The topological polar surface area (TPSA) is 165 Å². The van der Waals surface area contributed by atoms with E-state index in [2.05, 4.69) is 56.4 Å². The largest absolute Gasteiger partial charge is 0.573 e. The van der Waals surface area contributed by atoms with E-state index in [4.69, 9.17) is 4.98 Å². The third kappa shape index (κ3) is 11.4. The Balaban J connectivity index is 0.827.